The van der Waals surface area contributed by atoms with E-state index >= 15 is 0 Å². The summed E-state index contributed by atoms with van der Waals surface area (Å²) in [6, 6.07) is 38.3. The molecule has 312 valence electrons. The molecule has 0 N–H and O–H groups in total. The van der Waals surface area contributed by atoms with Crippen molar-refractivity contribution in [1.29, 1.82) is 0 Å². The van der Waals surface area contributed by atoms with Crippen LogP contribution in [0, 0.1) is 34.5 Å². The van der Waals surface area contributed by atoms with Crippen LogP contribution in [0.1, 0.15) is 96.1 Å². The van der Waals surface area contributed by atoms with Gasteiger partial charge in [0.15, 0.2) is 0 Å². The molecule has 6 aromatic carbocycles. The molecule has 0 heterocycles. The number of ether oxygens (including phenoxy) is 2. The van der Waals surface area contributed by atoms with Crippen molar-refractivity contribution in [2.75, 3.05) is 0 Å². The van der Waals surface area contributed by atoms with Crippen LogP contribution >= 0.6 is 0 Å². The van der Waals surface area contributed by atoms with E-state index in [9.17, 15) is 14.4 Å². The van der Waals surface area contributed by atoms with Gasteiger partial charge in [-0.05, 0) is 147 Å². The number of allylic oxidation sites excluding steroid dienone is 1. The molecule has 7 atom stereocenters. The third-order valence-corrected chi connectivity index (χ3v) is 16.3. The second kappa shape index (κ2) is 15.9. The largest absolute Gasteiger partial charge is 0.462 e. The van der Waals surface area contributed by atoms with Gasteiger partial charge >= 0.3 is 11.9 Å². The van der Waals surface area contributed by atoms with E-state index in [1.54, 1.807) is 6.92 Å². The van der Waals surface area contributed by atoms with Crippen molar-refractivity contribution in [3.05, 3.63) is 132 Å². The Morgan fingerprint density at radius 1 is 0.639 bits per heavy atom. The zero-order valence-corrected chi connectivity index (χ0v) is 36.0. The number of carbonyl (C=O) groups excluding carboxylic acids is 3. The topological polar surface area (TPSA) is 69.7 Å². The van der Waals surface area contributed by atoms with Crippen LogP contribution in [0.3, 0.4) is 0 Å². The second-order valence-corrected chi connectivity index (χ2v) is 19.5. The lowest BCUT2D eigenvalue weighted by molar-refractivity contribution is -0.157. The molecule has 4 aliphatic rings. The summed E-state index contributed by atoms with van der Waals surface area (Å²) in [7, 11) is 0. The van der Waals surface area contributed by atoms with Crippen molar-refractivity contribution in [2.45, 2.75) is 110 Å². The fourth-order valence-corrected chi connectivity index (χ4v) is 13.4. The van der Waals surface area contributed by atoms with Gasteiger partial charge in [0.2, 0.25) is 0 Å². The van der Waals surface area contributed by atoms with Gasteiger partial charge < -0.3 is 9.47 Å². The molecule has 4 aliphatic carbocycles. The van der Waals surface area contributed by atoms with Crippen molar-refractivity contribution < 1.29 is 23.9 Å². The minimum absolute atomic E-state index is 0.00492. The van der Waals surface area contributed by atoms with Gasteiger partial charge in [0, 0.05) is 25.2 Å². The van der Waals surface area contributed by atoms with Gasteiger partial charge in [-0.3, -0.25) is 14.4 Å². The molecule has 3 fully saturated rings. The first-order chi connectivity index (χ1) is 29.6. The van der Waals surface area contributed by atoms with E-state index < -0.39 is 6.10 Å². The first-order valence-electron chi connectivity index (χ1n) is 23.0. The maximum atomic E-state index is 13.9. The Bertz CT molecular complexity index is 2500. The summed E-state index contributed by atoms with van der Waals surface area (Å²) >= 11 is 0. The van der Waals surface area contributed by atoms with Crippen molar-refractivity contribution in [3.63, 3.8) is 0 Å². The van der Waals surface area contributed by atoms with Crippen LogP contribution in [0.5, 0.6) is 0 Å². The van der Waals surface area contributed by atoms with E-state index in [2.05, 4.69) is 129 Å². The van der Waals surface area contributed by atoms with Gasteiger partial charge in [0.05, 0.1) is 12.8 Å². The molecule has 5 heteroatoms. The van der Waals surface area contributed by atoms with Gasteiger partial charge in [-0.25, -0.2) is 0 Å². The van der Waals surface area contributed by atoms with Crippen LogP contribution in [0.4, 0.5) is 0 Å². The number of hydrogen-bond acceptors (Lipinski definition) is 5. The summed E-state index contributed by atoms with van der Waals surface area (Å²) in [5.41, 5.74) is 4.02. The van der Waals surface area contributed by atoms with E-state index in [-0.39, 0.29) is 47.6 Å². The Morgan fingerprint density at radius 3 is 1.70 bits per heavy atom. The van der Waals surface area contributed by atoms with E-state index in [0.29, 0.717) is 36.4 Å². The van der Waals surface area contributed by atoms with Crippen molar-refractivity contribution in [2.24, 2.45) is 34.5 Å². The van der Waals surface area contributed by atoms with E-state index in [4.69, 9.17) is 9.47 Å². The minimum atomic E-state index is -0.472. The van der Waals surface area contributed by atoms with Crippen molar-refractivity contribution >= 4 is 60.8 Å². The Kier molecular flexibility index (Phi) is 10.4. The van der Waals surface area contributed by atoms with Gasteiger partial charge in [0.1, 0.15) is 18.0 Å². The zero-order chi connectivity index (χ0) is 41.9. The number of ketones is 1. The van der Waals surface area contributed by atoms with Gasteiger partial charge in [-0.1, -0.05) is 123 Å². The molecule has 0 spiro atoms. The maximum Gasteiger partial charge on any atom is 0.306 e. The number of rotatable bonds is 10. The highest BCUT2D eigenvalue weighted by atomic mass is 16.6. The van der Waals surface area contributed by atoms with E-state index in [1.807, 2.05) is 0 Å². The molecule has 5 nitrogen and oxygen atoms in total. The lowest BCUT2D eigenvalue weighted by atomic mass is 9.47. The summed E-state index contributed by atoms with van der Waals surface area (Å²) in [6.07, 6.45) is 11.1. The molecule has 0 bridgehead atoms. The van der Waals surface area contributed by atoms with Crippen LogP contribution in [0.15, 0.2) is 121 Å². The Hall–Kier alpha value is -5.29. The van der Waals surface area contributed by atoms with E-state index in [0.717, 1.165) is 92.7 Å². The number of carbonyl (C=O) groups is 3. The lowest BCUT2D eigenvalue weighted by Crippen LogP contribution is -2.51. The number of fused-ring (bicyclic) bond motifs is 9. The van der Waals surface area contributed by atoms with Crippen LogP contribution in [-0.4, -0.2) is 29.9 Å². The van der Waals surface area contributed by atoms with Crippen molar-refractivity contribution in [3.8, 4) is 0 Å². The second-order valence-electron chi connectivity index (χ2n) is 19.5. The molecule has 0 radical (unpaired) electrons. The molecule has 6 aromatic rings. The normalized spacial score (nSPS) is 27.1. The smallest absolute Gasteiger partial charge is 0.306 e. The fourth-order valence-electron chi connectivity index (χ4n) is 13.4. The molecular weight excluding hydrogens is 753 g/mol. The monoisotopic (exact) mass is 810 g/mol. The summed E-state index contributed by atoms with van der Waals surface area (Å²) in [6.45, 7) is 6.67. The van der Waals surface area contributed by atoms with Crippen LogP contribution in [-0.2, 0) is 36.7 Å². The number of hydrogen-bond donors (Lipinski definition) is 0. The molecular formula is C56H58O5. The Morgan fingerprint density at radius 2 is 1.16 bits per heavy atom. The van der Waals surface area contributed by atoms with Gasteiger partial charge in [-0.2, -0.15) is 0 Å². The molecule has 61 heavy (non-hydrogen) atoms. The number of benzene rings is 6. The van der Waals surface area contributed by atoms with Crippen LogP contribution in [0.2, 0.25) is 0 Å². The SMILES string of the molecule is CC(=O)C1CCC2C3CC=C4CC(OC(=O)CCC(=O)OC(Cc5c6ccccc6cc6ccccc56)Cc5c6ccccc6cc6ccccc56)CCC4(C)C3CCC12C. The predicted molar refractivity (Wildman–Crippen MR) is 245 cm³/mol. The maximum absolute atomic E-state index is 13.9. The highest BCUT2D eigenvalue weighted by Crippen LogP contribution is 2.66. The van der Waals surface area contributed by atoms with Gasteiger partial charge in [-0.15, -0.1) is 0 Å². The Labute approximate surface area is 359 Å². The van der Waals surface area contributed by atoms with Crippen LogP contribution < -0.4 is 0 Å². The quantitative estimate of drug-likeness (QED) is 0.0783. The molecule has 7 unspecified atom stereocenters. The molecule has 0 amide bonds. The lowest BCUT2D eigenvalue weighted by Gasteiger charge is -2.58. The molecule has 3 saturated carbocycles. The zero-order valence-electron chi connectivity index (χ0n) is 36.0. The first kappa shape index (κ1) is 39.8. The average molecular weight is 811 g/mol. The molecule has 0 aromatic heterocycles. The third-order valence-electron chi connectivity index (χ3n) is 16.3. The standard InChI is InChI=1S/C56H58O5/c1-35(57)50-22-23-51-47-21-20-40-32-41(26-28-55(40,2)52(47)27-29-56(50,51)3)60-53(58)24-25-54(59)61-42(33-48-43-16-8-4-12-36(43)30-37-13-5-9-17-44(37)48)34-49-45-18-10-6-14-38(45)31-39-15-7-11-19-46(39)49/h4-20,30-31,41-42,47,50-52H,21-29,32-34H2,1-3H3. The summed E-state index contributed by atoms with van der Waals surface area (Å²) in [5.74, 6) is 1.74. The first-order valence-corrected chi connectivity index (χ1v) is 23.0. The summed E-state index contributed by atoms with van der Waals surface area (Å²) in [4.78, 5) is 40.1. The highest BCUT2D eigenvalue weighted by molar-refractivity contribution is 6.03. The Balaban J connectivity index is 0.853. The molecule has 10 rings (SSSR count). The van der Waals surface area contributed by atoms with Crippen molar-refractivity contribution in [1.82, 2.24) is 0 Å². The highest BCUT2D eigenvalue weighted by Gasteiger charge is 2.59. The third kappa shape index (κ3) is 7.16. The summed E-state index contributed by atoms with van der Waals surface area (Å²) in [5, 5.41) is 9.25. The minimum Gasteiger partial charge on any atom is -0.462 e. The van der Waals surface area contributed by atoms with Crippen LogP contribution in [0.25, 0.3) is 43.1 Å². The molecule has 0 saturated heterocycles. The number of Topliss-reactive ketones (excluding diaryl/α,β-unsaturated/α-hetero) is 1. The predicted octanol–water partition coefficient (Wildman–Crippen LogP) is 12.9. The van der Waals surface area contributed by atoms with E-state index in [1.165, 1.54) is 18.4 Å². The summed E-state index contributed by atoms with van der Waals surface area (Å²) < 4.78 is 12.7. The molecule has 0 aliphatic heterocycles. The number of esters is 2. The van der Waals surface area contributed by atoms with Gasteiger partial charge in [0.25, 0.3) is 0 Å². The average Bonchev–Trinajstić information content (AvgIpc) is 3.63. The fraction of sp³-hybridized carbons (Fsp3) is 0.411.